The van der Waals surface area contributed by atoms with Gasteiger partial charge in [-0.2, -0.15) is 0 Å². The molecule has 66 heavy (non-hydrogen) atoms. The first-order chi connectivity index (χ1) is 32.5. The Kier molecular flexibility index (Phi) is 50.6. The van der Waals surface area contributed by atoms with Gasteiger partial charge in [-0.05, 0) is 83.1 Å². The van der Waals surface area contributed by atoms with Gasteiger partial charge < -0.3 is 20.3 Å². The number of amides is 1. The Hall–Kier alpha value is -2.96. The predicted molar refractivity (Wildman–Crippen MR) is 287 cm³/mol. The lowest BCUT2D eigenvalue weighted by atomic mass is 10.0. The molecule has 0 radical (unpaired) electrons. The second kappa shape index (κ2) is 53.0. The normalized spacial score (nSPS) is 13.8. The second-order valence-electron chi connectivity index (χ2n) is 18.6. The first-order valence-corrected chi connectivity index (χ1v) is 27.8. The molecule has 0 spiro atoms. The van der Waals surface area contributed by atoms with E-state index in [1.807, 2.05) is 6.08 Å². The highest BCUT2D eigenvalue weighted by Gasteiger charge is 2.23. The van der Waals surface area contributed by atoms with E-state index in [0.717, 1.165) is 70.6 Å². The Morgan fingerprint density at radius 1 is 0.470 bits per heavy atom. The smallest absolute Gasteiger partial charge is 0.306 e. The van der Waals surface area contributed by atoms with Crippen LogP contribution in [0.5, 0.6) is 0 Å². The van der Waals surface area contributed by atoms with Gasteiger partial charge in [-0.25, -0.2) is 0 Å². The molecule has 0 aliphatic carbocycles. The number of aliphatic hydroxyl groups is 2. The minimum atomic E-state index is -0.823. The van der Waals surface area contributed by atoms with Gasteiger partial charge >= 0.3 is 5.97 Å². The molecule has 0 fully saturated rings. The average Bonchev–Trinajstić information content (AvgIpc) is 3.31. The Labute approximate surface area is 408 Å². The molecule has 0 aromatic heterocycles. The largest absolute Gasteiger partial charge is 0.458 e. The van der Waals surface area contributed by atoms with Crippen molar-refractivity contribution < 1.29 is 24.5 Å². The third kappa shape index (κ3) is 47.5. The topological polar surface area (TPSA) is 95.9 Å². The molecule has 3 atom stereocenters. The van der Waals surface area contributed by atoms with Crippen molar-refractivity contribution in [3.8, 4) is 0 Å². The van der Waals surface area contributed by atoms with Gasteiger partial charge in [-0.1, -0.05) is 247 Å². The predicted octanol–water partition coefficient (Wildman–Crippen LogP) is 17.1. The zero-order valence-electron chi connectivity index (χ0n) is 43.3. The molecule has 0 aliphatic heterocycles. The molecule has 0 heterocycles. The SMILES string of the molecule is CC/C=C/C/C=C/C/C=C/C/C=C/C/C=C/C(CC(=O)NC(CO)C(O)CCCCCCCCCCCCCCCC)OC(=O)CCCCCCCCCCC/C=C\C/C=C\CCCCC. The number of aliphatic hydroxyl groups excluding tert-OH is 2. The van der Waals surface area contributed by atoms with Crippen molar-refractivity contribution >= 4 is 11.9 Å². The molecule has 0 aromatic rings. The van der Waals surface area contributed by atoms with Crippen molar-refractivity contribution in [1.82, 2.24) is 5.32 Å². The van der Waals surface area contributed by atoms with Crippen LogP contribution < -0.4 is 5.32 Å². The van der Waals surface area contributed by atoms with Crippen LogP contribution >= 0.6 is 0 Å². The van der Waals surface area contributed by atoms with Crippen LogP contribution in [0.15, 0.2) is 85.1 Å². The van der Waals surface area contributed by atoms with E-state index in [0.29, 0.717) is 19.3 Å². The highest BCUT2D eigenvalue weighted by atomic mass is 16.5. The third-order valence-electron chi connectivity index (χ3n) is 12.2. The lowest BCUT2D eigenvalue weighted by Crippen LogP contribution is -2.46. The summed E-state index contributed by atoms with van der Waals surface area (Å²) in [5, 5.41) is 23.8. The number of allylic oxidation sites excluding steroid dienone is 13. The van der Waals surface area contributed by atoms with Gasteiger partial charge in [0.05, 0.1) is 25.2 Å². The van der Waals surface area contributed by atoms with E-state index in [2.05, 4.69) is 99.0 Å². The van der Waals surface area contributed by atoms with Gasteiger partial charge in [0.2, 0.25) is 5.91 Å². The highest BCUT2D eigenvalue weighted by molar-refractivity contribution is 5.78. The van der Waals surface area contributed by atoms with Crippen LogP contribution in [-0.2, 0) is 14.3 Å². The van der Waals surface area contributed by atoms with Gasteiger partial charge in [-0.15, -0.1) is 0 Å². The summed E-state index contributed by atoms with van der Waals surface area (Å²) >= 11 is 0. The van der Waals surface area contributed by atoms with E-state index in [-0.39, 0.29) is 24.9 Å². The maximum Gasteiger partial charge on any atom is 0.306 e. The van der Waals surface area contributed by atoms with E-state index in [1.165, 1.54) is 141 Å². The van der Waals surface area contributed by atoms with E-state index in [4.69, 9.17) is 4.74 Å². The van der Waals surface area contributed by atoms with Crippen LogP contribution in [0.3, 0.4) is 0 Å². The third-order valence-corrected chi connectivity index (χ3v) is 12.2. The number of esters is 1. The number of hydrogen-bond acceptors (Lipinski definition) is 5. The molecule has 0 aromatic carbocycles. The fourth-order valence-corrected chi connectivity index (χ4v) is 8.01. The quantitative estimate of drug-likeness (QED) is 0.0321. The molecule has 0 saturated carbocycles. The summed E-state index contributed by atoms with van der Waals surface area (Å²) in [5.41, 5.74) is 0. The molecule has 6 heteroatoms. The number of carbonyl (C=O) groups excluding carboxylic acids is 2. The van der Waals surface area contributed by atoms with Crippen molar-refractivity contribution in [2.24, 2.45) is 0 Å². The summed E-state index contributed by atoms with van der Waals surface area (Å²) < 4.78 is 5.84. The van der Waals surface area contributed by atoms with E-state index >= 15 is 0 Å². The van der Waals surface area contributed by atoms with Crippen molar-refractivity contribution in [2.75, 3.05) is 6.61 Å². The minimum Gasteiger partial charge on any atom is -0.458 e. The molecule has 3 N–H and O–H groups in total. The number of rotatable bonds is 49. The van der Waals surface area contributed by atoms with E-state index < -0.39 is 18.2 Å². The average molecular weight is 921 g/mol. The molecule has 1 amide bonds. The Morgan fingerprint density at radius 3 is 1.32 bits per heavy atom. The Morgan fingerprint density at radius 2 is 0.848 bits per heavy atom. The standard InChI is InChI=1S/C60H105NO5/c1-4-7-10-13-16-19-22-25-28-29-30-31-32-35-38-41-44-47-50-53-60(65)66-56(51-48-45-42-39-36-33-26-23-20-17-14-11-8-5-2)54-59(64)61-57(55-62)58(63)52-49-46-43-40-37-34-27-24-21-18-15-12-9-6-3/h8,11,16-17,19-20,25-26,28,33,39,42,48,51,56-58,62-63H,4-7,9-10,12-15,18,21-24,27,29-32,34-38,40-41,43-47,49-50,52-55H2,1-3H3,(H,61,64)/b11-8+,19-16-,20-17+,28-25-,33-26+,42-39+,51-48+. The fraction of sp³-hybridized carbons (Fsp3) is 0.733. The number of hydrogen-bond donors (Lipinski definition) is 3. The van der Waals surface area contributed by atoms with Gasteiger partial charge in [0.1, 0.15) is 6.10 Å². The fourth-order valence-electron chi connectivity index (χ4n) is 8.01. The molecular formula is C60H105NO5. The van der Waals surface area contributed by atoms with Crippen molar-refractivity contribution in [3.05, 3.63) is 85.1 Å². The number of nitrogens with one attached hydrogen (secondary N) is 1. The molecule has 3 unspecified atom stereocenters. The molecule has 0 rings (SSSR count). The van der Waals surface area contributed by atoms with Crippen LogP contribution in [0.2, 0.25) is 0 Å². The molecular weight excluding hydrogens is 815 g/mol. The summed E-state index contributed by atoms with van der Waals surface area (Å²) in [6.07, 6.45) is 69.6. The van der Waals surface area contributed by atoms with Crippen molar-refractivity contribution in [1.29, 1.82) is 0 Å². The van der Waals surface area contributed by atoms with Crippen LogP contribution in [0.1, 0.15) is 258 Å². The molecule has 6 nitrogen and oxygen atoms in total. The molecule has 0 saturated heterocycles. The summed E-state index contributed by atoms with van der Waals surface area (Å²) in [6, 6.07) is -0.747. The molecule has 0 bridgehead atoms. The monoisotopic (exact) mass is 920 g/mol. The van der Waals surface area contributed by atoms with E-state index in [1.54, 1.807) is 6.08 Å². The maximum absolute atomic E-state index is 13.2. The number of unbranched alkanes of at least 4 members (excludes halogenated alkanes) is 25. The minimum absolute atomic E-state index is 0.0503. The first-order valence-electron chi connectivity index (χ1n) is 27.8. The Bertz CT molecular complexity index is 1260. The summed E-state index contributed by atoms with van der Waals surface area (Å²) in [7, 11) is 0. The van der Waals surface area contributed by atoms with Crippen molar-refractivity contribution in [2.45, 2.75) is 277 Å². The lowest BCUT2D eigenvalue weighted by Gasteiger charge is -2.23. The van der Waals surface area contributed by atoms with Gasteiger partial charge in [0.15, 0.2) is 0 Å². The van der Waals surface area contributed by atoms with Crippen LogP contribution in [0.4, 0.5) is 0 Å². The summed E-state index contributed by atoms with van der Waals surface area (Å²) in [6.45, 7) is 6.32. The van der Waals surface area contributed by atoms with Crippen LogP contribution in [0, 0.1) is 0 Å². The van der Waals surface area contributed by atoms with Crippen molar-refractivity contribution in [3.63, 3.8) is 0 Å². The maximum atomic E-state index is 13.2. The number of ether oxygens (including phenoxy) is 1. The number of carbonyl (C=O) groups is 2. The summed E-state index contributed by atoms with van der Waals surface area (Å²) in [5.74, 6) is -0.632. The van der Waals surface area contributed by atoms with E-state index in [9.17, 15) is 19.8 Å². The zero-order chi connectivity index (χ0) is 48.1. The lowest BCUT2D eigenvalue weighted by molar-refractivity contribution is -0.148. The highest BCUT2D eigenvalue weighted by Crippen LogP contribution is 2.16. The first kappa shape index (κ1) is 63.0. The van der Waals surface area contributed by atoms with Gasteiger partial charge in [0.25, 0.3) is 0 Å². The van der Waals surface area contributed by atoms with Gasteiger partial charge in [-0.3, -0.25) is 9.59 Å². The Balaban J connectivity index is 4.66. The van der Waals surface area contributed by atoms with Crippen LogP contribution in [-0.4, -0.2) is 46.9 Å². The van der Waals surface area contributed by atoms with Gasteiger partial charge in [0, 0.05) is 6.42 Å². The second-order valence-corrected chi connectivity index (χ2v) is 18.6. The molecule has 0 aliphatic rings. The van der Waals surface area contributed by atoms with Crippen LogP contribution in [0.25, 0.3) is 0 Å². The molecule has 380 valence electrons. The zero-order valence-corrected chi connectivity index (χ0v) is 43.3. The summed E-state index contributed by atoms with van der Waals surface area (Å²) in [4.78, 5) is 26.2.